The zero-order chi connectivity index (χ0) is 15.7. The van der Waals surface area contributed by atoms with Gasteiger partial charge < -0.3 is 19.7 Å². The quantitative estimate of drug-likeness (QED) is 0.819. The Labute approximate surface area is 146 Å². The lowest BCUT2D eigenvalue weighted by atomic mass is 10.1. The van der Waals surface area contributed by atoms with Gasteiger partial charge in [0, 0.05) is 51.8 Å². The van der Waals surface area contributed by atoms with E-state index in [1.165, 1.54) is 6.92 Å². The molecule has 2 atom stereocenters. The minimum Gasteiger partial charge on any atom is -0.336 e. The molecule has 2 aliphatic heterocycles. The molecule has 2 saturated heterocycles. The summed E-state index contributed by atoms with van der Waals surface area (Å²) in [5, 5.41) is 3.33. The molecule has 0 aliphatic carbocycles. The molecule has 1 aromatic heterocycles. The normalized spacial score (nSPS) is 24.4. The molecule has 2 amide bonds. The number of rotatable bonds is 2. The van der Waals surface area contributed by atoms with Gasteiger partial charge in [-0.1, -0.05) is 0 Å². The molecule has 0 bridgehead atoms. The summed E-state index contributed by atoms with van der Waals surface area (Å²) in [7, 11) is 1.94. The van der Waals surface area contributed by atoms with E-state index in [1.807, 2.05) is 22.7 Å². The first-order valence-electron chi connectivity index (χ1n) is 7.43. The molecular formula is C14H22ClN5O2S. The highest BCUT2D eigenvalue weighted by molar-refractivity contribution is 7.99. The van der Waals surface area contributed by atoms with Crippen molar-refractivity contribution in [3.05, 3.63) is 18.2 Å². The van der Waals surface area contributed by atoms with Crippen LogP contribution < -0.4 is 5.32 Å². The summed E-state index contributed by atoms with van der Waals surface area (Å²) in [5.74, 6) is 2.16. The Kier molecular flexibility index (Phi) is 5.94. The van der Waals surface area contributed by atoms with Crippen molar-refractivity contribution in [2.45, 2.75) is 19.0 Å². The predicted molar refractivity (Wildman–Crippen MR) is 91.4 cm³/mol. The highest BCUT2D eigenvalue weighted by Crippen LogP contribution is 2.27. The first kappa shape index (κ1) is 18.1. The number of hydrogen-bond donors (Lipinski definition) is 1. The topological polar surface area (TPSA) is 70.5 Å². The van der Waals surface area contributed by atoms with Gasteiger partial charge in [0.2, 0.25) is 11.8 Å². The van der Waals surface area contributed by atoms with Crippen molar-refractivity contribution in [2.75, 3.05) is 31.3 Å². The van der Waals surface area contributed by atoms with Crippen molar-refractivity contribution in [1.82, 2.24) is 24.7 Å². The van der Waals surface area contributed by atoms with Gasteiger partial charge in [0.15, 0.2) is 0 Å². The van der Waals surface area contributed by atoms with Crippen LogP contribution in [0.15, 0.2) is 12.4 Å². The van der Waals surface area contributed by atoms with Crippen molar-refractivity contribution in [3.63, 3.8) is 0 Å². The number of nitrogens with zero attached hydrogens (tertiary/aromatic N) is 4. The van der Waals surface area contributed by atoms with Crippen LogP contribution in [0.3, 0.4) is 0 Å². The number of nitrogens with one attached hydrogen (secondary N) is 1. The van der Waals surface area contributed by atoms with Crippen LogP contribution >= 0.6 is 24.2 Å². The van der Waals surface area contributed by atoms with Crippen molar-refractivity contribution < 1.29 is 9.59 Å². The van der Waals surface area contributed by atoms with Crippen LogP contribution in [0.25, 0.3) is 0 Å². The van der Waals surface area contributed by atoms with E-state index in [1.54, 1.807) is 22.9 Å². The van der Waals surface area contributed by atoms with Crippen LogP contribution in [-0.4, -0.2) is 68.5 Å². The van der Waals surface area contributed by atoms with Gasteiger partial charge in [-0.25, -0.2) is 4.98 Å². The zero-order valence-electron chi connectivity index (χ0n) is 13.3. The number of carbonyl (C=O) groups is 2. The summed E-state index contributed by atoms with van der Waals surface area (Å²) in [6.07, 6.45) is 3.64. The van der Waals surface area contributed by atoms with Gasteiger partial charge in [0.25, 0.3) is 0 Å². The second-order valence-corrected chi connectivity index (χ2v) is 6.65. The molecule has 2 aliphatic rings. The number of imidazole rings is 1. The number of thioether (sulfide) groups is 1. The highest BCUT2D eigenvalue weighted by atomic mass is 35.5. The smallest absolute Gasteiger partial charge is 0.246 e. The third-order valence-corrected chi connectivity index (χ3v) is 5.27. The Morgan fingerprint density at radius 2 is 2.17 bits per heavy atom. The average molecular weight is 360 g/mol. The maximum atomic E-state index is 13.0. The molecule has 0 saturated carbocycles. The van der Waals surface area contributed by atoms with Gasteiger partial charge in [-0.2, -0.15) is 0 Å². The fourth-order valence-electron chi connectivity index (χ4n) is 3.05. The van der Waals surface area contributed by atoms with Crippen LogP contribution in [0.2, 0.25) is 0 Å². The fourth-order valence-corrected chi connectivity index (χ4v) is 4.26. The molecule has 23 heavy (non-hydrogen) atoms. The summed E-state index contributed by atoms with van der Waals surface area (Å²) in [4.78, 5) is 32.7. The van der Waals surface area contributed by atoms with E-state index in [4.69, 9.17) is 0 Å². The van der Waals surface area contributed by atoms with Crippen LogP contribution in [-0.2, 0) is 16.6 Å². The van der Waals surface area contributed by atoms with Gasteiger partial charge in [0.05, 0.1) is 5.88 Å². The van der Waals surface area contributed by atoms with Gasteiger partial charge in [-0.3, -0.25) is 9.59 Å². The standard InChI is InChI=1S/C14H21N5O2S.ClH/c1-10(20)19-9-22-8-12(19)14(21)18-6-3-15-7-11(18)13-16-4-5-17(13)2;/h4-5,11-12,15H,3,6-9H2,1-2H3;1H. The van der Waals surface area contributed by atoms with Crippen molar-refractivity contribution in [2.24, 2.45) is 7.05 Å². The number of aromatic nitrogens is 2. The first-order chi connectivity index (χ1) is 10.6. The van der Waals surface area contributed by atoms with Crippen LogP contribution in [0.1, 0.15) is 18.8 Å². The Bertz CT molecular complexity index is 581. The molecule has 3 rings (SSSR count). The summed E-state index contributed by atoms with van der Waals surface area (Å²) in [5.41, 5.74) is 0. The van der Waals surface area contributed by atoms with Gasteiger partial charge in [-0.05, 0) is 0 Å². The summed E-state index contributed by atoms with van der Waals surface area (Å²) >= 11 is 1.63. The van der Waals surface area contributed by atoms with Gasteiger partial charge >= 0.3 is 0 Å². The van der Waals surface area contributed by atoms with E-state index < -0.39 is 0 Å². The van der Waals surface area contributed by atoms with Gasteiger partial charge in [0.1, 0.15) is 17.9 Å². The summed E-state index contributed by atoms with van der Waals surface area (Å²) in [6.45, 7) is 3.63. The molecule has 3 heterocycles. The van der Waals surface area contributed by atoms with Crippen molar-refractivity contribution in [3.8, 4) is 0 Å². The van der Waals surface area contributed by atoms with Crippen LogP contribution in [0, 0.1) is 0 Å². The van der Waals surface area contributed by atoms with E-state index in [0.29, 0.717) is 24.7 Å². The SMILES string of the molecule is CC(=O)N1CSCC1C(=O)N1CCNCC1c1nccn1C.Cl. The lowest BCUT2D eigenvalue weighted by Gasteiger charge is -2.38. The lowest BCUT2D eigenvalue weighted by molar-refractivity contribution is -0.145. The van der Waals surface area contributed by atoms with Crippen LogP contribution in [0.5, 0.6) is 0 Å². The molecule has 2 fully saturated rings. The molecule has 9 heteroatoms. The zero-order valence-corrected chi connectivity index (χ0v) is 14.9. The molecule has 128 valence electrons. The van der Waals surface area contributed by atoms with E-state index in [9.17, 15) is 9.59 Å². The van der Waals surface area contributed by atoms with E-state index in [2.05, 4.69) is 10.3 Å². The second-order valence-electron chi connectivity index (χ2n) is 5.65. The third kappa shape index (κ3) is 3.49. The number of piperazine rings is 1. The Hall–Kier alpha value is -1.25. The van der Waals surface area contributed by atoms with Gasteiger partial charge in [-0.15, -0.1) is 24.2 Å². The third-order valence-electron chi connectivity index (χ3n) is 4.25. The second kappa shape index (κ2) is 7.55. The molecule has 0 aromatic carbocycles. The molecule has 1 aromatic rings. The molecule has 2 unspecified atom stereocenters. The van der Waals surface area contributed by atoms with Crippen molar-refractivity contribution in [1.29, 1.82) is 0 Å². The molecule has 0 spiro atoms. The number of carbonyl (C=O) groups excluding carboxylic acids is 2. The number of amides is 2. The lowest BCUT2D eigenvalue weighted by Crippen LogP contribution is -2.55. The molecule has 7 nitrogen and oxygen atoms in total. The Balaban J connectivity index is 0.00000192. The highest BCUT2D eigenvalue weighted by Gasteiger charge is 2.39. The fraction of sp³-hybridized carbons (Fsp3) is 0.643. The molecule has 0 radical (unpaired) electrons. The van der Waals surface area contributed by atoms with Crippen molar-refractivity contribution >= 4 is 36.0 Å². The predicted octanol–water partition coefficient (Wildman–Crippen LogP) is 0.236. The Morgan fingerprint density at radius 1 is 1.39 bits per heavy atom. The largest absolute Gasteiger partial charge is 0.336 e. The first-order valence-corrected chi connectivity index (χ1v) is 8.58. The minimum atomic E-state index is -0.344. The van der Waals surface area contributed by atoms with E-state index in [0.717, 1.165) is 12.4 Å². The van der Waals surface area contributed by atoms with Crippen LogP contribution in [0.4, 0.5) is 0 Å². The Morgan fingerprint density at radius 3 is 2.83 bits per heavy atom. The maximum absolute atomic E-state index is 13.0. The van der Waals surface area contributed by atoms with E-state index >= 15 is 0 Å². The molecule has 1 N–H and O–H groups in total. The number of aryl methyl sites for hydroxylation is 1. The maximum Gasteiger partial charge on any atom is 0.246 e. The number of halogens is 1. The average Bonchev–Trinajstić information content (AvgIpc) is 3.15. The molecular weight excluding hydrogens is 338 g/mol. The summed E-state index contributed by atoms with van der Waals surface area (Å²) < 4.78 is 1.95. The monoisotopic (exact) mass is 359 g/mol. The van der Waals surface area contributed by atoms with E-state index in [-0.39, 0.29) is 36.3 Å². The minimum absolute atomic E-state index is 0. The number of hydrogen-bond acceptors (Lipinski definition) is 5. The summed E-state index contributed by atoms with van der Waals surface area (Å²) in [6, 6.07) is -0.427.